The summed E-state index contributed by atoms with van der Waals surface area (Å²) in [6.07, 6.45) is 76.2. The zero-order chi connectivity index (χ0) is 68.1. The molecule has 0 amide bonds. The molecule has 0 spiro atoms. The van der Waals surface area contributed by atoms with Crippen molar-refractivity contribution in [2.24, 2.45) is 0 Å². The highest BCUT2D eigenvalue weighted by Crippen LogP contribution is 2.45. The van der Waals surface area contributed by atoms with Crippen molar-refractivity contribution in [3.8, 4) is 0 Å². The Morgan fingerprint density at radius 3 is 0.946 bits per heavy atom. The van der Waals surface area contributed by atoms with Gasteiger partial charge in [0.05, 0.1) is 26.4 Å². The minimum atomic E-state index is -4.92. The van der Waals surface area contributed by atoms with Gasteiger partial charge in [-0.1, -0.05) is 285 Å². The van der Waals surface area contributed by atoms with E-state index >= 15 is 0 Å². The van der Waals surface area contributed by atoms with E-state index in [4.69, 9.17) is 32.3 Å². The number of carbonyl (C=O) groups is 3. The fourth-order valence-electron chi connectivity index (χ4n) is 9.73. The highest BCUT2D eigenvalue weighted by molar-refractivity contribution is 7.47. The van der Waals surface area contributed by atoms with Gasteiger partial charge >= 0.3 is 33.6 Å². The molecule has 0 fully saturated rings. The van der Waals surface area contributed by atoms with Crippen molar-refractivity contribution in [3.63, 3.8) is 0 Å². The minimum absolute atomic E-state index is 0.106. The molecule has 0 aliphatic heterocycles. The first kappa shape index (κ1) is 89.5. The molecule has 0 aromatic heterocycles. The van der Waals surface area contributed by atoms with Crippen molar-refractivity contribution < 1.29 is 75.8 Å². The molecule has 0 aromatic carbocycles. The zero-order valence-corrected chi connectivity index (χ0v) is 60.2. The third-order valence-electron chi connectivity index (χ3n) is 15.3. The monoisotopic (exact) mass is 1350 g/mol. The second kappa shape index (κ2) is 68.4. The van der Waals surface area contributed by atoms with Crippen LogP contribution >= 0.6 is 15.6 Å². The maximum atomic E-state index is 12.9. The third-order valence-corrected chi connectivity index (χ3v) is 17.2. The molecule has 5 atom stereocenters. The summed E-state index contributed by atoms with van der Waals surface area (Å²) in [7, 11) is -9.77. The Kier molecular flexibility index (Phi) is 65.8. The fraction of sp³-hybridized carbons (Fsp3) is 0.747. The van der Waals surface area contributed by atoms with E-state index in [0.29, 0.717) is 19.3 Å². The number of esters is 3. The van der Waals surface area contributed by atoms with E-state index in [1.54, 1.807) is 0 Å². The normalized spacial score (nSPS) is 14.7. The van der Waals surface area contributed by atoms with Crippen LogP contribution < -0.4 is 0 Å². The van der Waals surface area contributed by atoms with Gasteiger partial charge in [-0.05, 0) is 96.3 Å². The van der Waals surface area contributed by atoms with Crippen LogP contribution in [0.4, 0.5) is 0 Å². The summed E-state index contributed by atoms with van der Waals surface area (Å²) in [5.41, 5.74) is 0. The van der Waals surface area contributed by atoms with Gasteiger partial charge in [0.15, 0.2) is 6.10 Å². The molecule has 0 bridgehead atoms. The molecule has 0 aliphatic rings. The molecule has 0 heterocycles. The number of carbonyl (C=O) groups excluding carboxylic acids is 3. The van der Waals surface area contributed by atoms with Crippen LogP contribution in [0.5, 0.6) is 0 Å². The van der Waals surface area contributed by atoms with E-state index in [9.17, 15) is 43.5 Å². The predicted molar refractivity (Wildman–Crippen MR) is 381 cm³/mol. The largest absolute Gasteiger partial charge is 0.472 e. The van der Waals surface area contributed by atoms with Crippen molar-refractivity contribution in [2.45, 2.75) is 322 Å². The van der Waals surface area contributed by atoms with Crippen LogP contribution in [0.1, 0.15) is 303 Å². The second-order valence-electron chi connectivity index (χ2n) is 24.4. The van der Waals surface area contributed by atoms with E-state index in [1.165, 1.54) is 103 Å². The van der Waals surface area contributed by atoms with Crippen LogP contribution in [-0.4, -0.2) is 95.9 Å². The van der Waals surface area contributed by atoms with Crippen LogP contribution in [0.2, 0.25) is 0 Å². The lowest BCUT2D eigenvalue weighted by molar-refractivity contribution is -0.161. The first-order chi connectivity index (χ1) is 45.2. The lowest BCUT2D eigenvalue weighted by atomic mass is 10.0. The number of allylic oxidation sites excluding steroid dienone is 16. The average molecular weight is 1350 g/mol. The number of phosphoric acid groups is 2. The molecular weight excluding hydrogens is 1220 g/mol. The van der Waals surface area contributed by atoms with Gasteiger partial charge in [0, 0.05) is 19.3 Å². The van der Waals surface area contributed by atoms with Crippen LogP contribution in [0, 0.1) is 0 Å². The van der Waals surface area contributed by atoms with E-state index < -0.39 is 91.5 Å². The standard InChI is InChI=1S/C75H132O16P2/c1-4-7-10-13-16-19-22-25-26-27-28-29-30-31-32-33-34-35-36-37-38-39-40-41-42-45-47-49-52-55-58-61-73(78)85-64-70(76)65-87-92(81,82)88-66-71(77)67-89-93(83,84)90-69-72(91-75(80)63-60-57-54-51-48-44-24-21-18-15-12-9-6-3)68-86-74(79)62-59-56-53-50-46-43-23-20-17-14-11-8-5-2/h7,10-11,14,16,19-20,23,25-26,28-29,31-32,34-35,70-72,76-77H,4-6,8-9,12-13,15,17-18,21-22,24,27,30,33,36-69H2,1-3H3,(H,81,82)(H,83,84)/b10-7-,14-11-,19-16-,23-20-,26-25-,29-28-,32-31-,35-34-. The van der Waals surface area contributed by atoms with E-state index in [0.717, 1.165) is 141 Å². The van der Waals surface area contributed by atoms with Gasteiger partial charge in [0.2, 0.25) is 0 Å². The van der Waals surface area contributed by atoms with Gasteiger partial charge in [-0.15, -0.1) is 0 Å². The maximum absolute atomic E-state index is 12.9. The SMILES string of the molecule is CC/C=C\C/C=C\C/C=C\C/C=C\C/C=C\C/C=C\CCCCCCCCCCCCCCC(=O)OCC(O)COP(=O)(O)OCC(O)COP(=O)(O)OCC(COC(=O)CCCCCCC/C=C\C/C=C\CCC)OC(=O)CCCCCCCCCCCCCCC. The number of aliphatic hydroxyl groups is 2. The lowest BCUT2D eigenvalue weighted by Crippen LogP contribution is -2.30. The van der Waals surface area contributed by atoms with Gasteiger partial charge < -0.3 is 34.2 Å². The molecule has 16 nitrogen and oxygen atoms in total. The van der Waals surface area contributed by atoms with Gasteiger partial charge in [0.25, 0.3) is 0 Å². The Hall–Kier alpha value is -3.53. The molecule has 93 heavy (non-hydrogen) atoms. The first-order valence-corrected chi connectivity index (χ1v) is 39.5. The lowest BCUT2D eigenvalue weighted by Gasteiger charge is -2.21. The van der Waals surface area contributed by atoms with Crippen LogP contribution in [0.25, 0.3) is 0 Å². The first-order valence-electron chi connectivity index (χ1n) is 36.5. The van der Waals surface area contributed by atoms with Crippen molar-refractivity contribution >= 4 is 33.6 Å². The number of ether oxygens (including phenoxy) is 3. The zero-order valence-electron chi connectivity index (χ0n) is 58.4. The second-order valence-corrected chi connectivity index (χ2v) is 27.3. The van der Waals surface area contributed by atoms with Crippen molar-refractivity contribution in [2.75, 3.05) is 39.6 Å². The molecule has 0 saturated heterocycles. The fourth-order valence-corrected chi connectivity index (χ4v) is 11.3. The van der Waals surface area contributed by atoms with Crippen LogP contribution in [0.15, 0.2) is 97.2 Å². The van der Waals surface area contributed by atoms with Crippen molar-refractivity contribution in [3.05, 3.63) is 97.2 Å². The number of phosphoric ester groups is 2. The van der Waals surface area contributed by atoms with Crippen LogP contribution in [-0.2, 0) is 55.8 Å². The number of hydrogen-bond donors (Lipinski definition) is 4. The Morgan fingerprint density at radius 2 is 0.591 bits per heavy atom. The smallest absolute Gasteiger partial charge is 0.463 e. The van der Waals surface area contributed by atoms with Gasteiger partial charge in [-0.3, -0.25) is 32.5 Å². The molecule has 0 rings (SSSR count). The molecule has 0 aromatic rings. The van der Waals surface area contributed by atoms with Crippen molar-refractivity contribution in [1.82, 2.24) is 0 Å². The summed E-state index contributed by atoms with van der Waals surface area (Å²) < 4.78 is 60.9. The van der Waals surface area contributed by atoms with Crippen LogP contribution in [0.3, 0.4) is 0 Å². The van der Waals surface area contributed by atoms with E-state index in [-0.39, 0.29) is 19.3 Å². The number of rotatable bonds is 69. The maximum Gasteiger partial charge on any atom is 0.472 e. The molecule has 538 valence electrons. The predicted octanol–water partition coefficient (Wildman–Crippen LogP) is 20.6. The van der Waals surface area contributed by atoms with Gasteiger partial charge in [-0.25, -0.2) is 9.13 Å². The Morgan fingerprint density at radius 1 is 0.312 bits per heavy atom. The Bertz CT molecular complexity index is 2080. The molecular formula is C75H132O16P2. The third kappa shape index (κ3) is 69.6. The molecule has 18 heteroatoms. The van der Waals surface area contributed by atoms with Gasteiger partial charge in [0.1, 0.15) is 25.4 Å². The molecule has 0 saturated carbocycles. The highest BCUT2D eigenvalue weighted by atomic mass is 31.2. The van der Waals surface area contributed by atoms with Crippen molar-refractivity contribution in [1.29, 1.82) is 0 Å². The van der Waals surface area contributed by atoms with E-state index in [1.807, 2.05) is 0 Å². The van der Waals surface area contributed by atoms with Gasteiger partial charge in [-0.2, -0.15) is 0 Å². The minimum Gasteiger partial charge on any atom is -0.463 e. The summed E-state index contributed by atoms with van der Waals surface area (Å²) in [6.45, 7) is 2.49. The number of unbranched alkanes of at least 4 members (excludes halogenated alkanes) is 30. The summed E-state index contributed by atoms with van der Waals surface area (Å²) >= 11 is 0. The average Bonchev–Trinajstić information content (AvgIpc) is 3.55. The molecule has 0 aliphatic carbocycles. The molecule has 0 radical (unpaired) electrons. The molecule has 5 unspecified atom stereocenters. The number of hydrogen-bond acceptors (Lipinski definition) is 14. The summed E-state index contributed by atoms with van der Waals surface area (Å²) in [5.74, 6) is -1.58. The summed E-state index contributed by atoms with van der Waals surface area (Å²) in [4.78, 5) is 58.3. The Labute approximate surface area is 565 Å². The Balaban J connectivity index is 4.39. The molecule has 4 N–H and O–H groups in total. The number of aliphatic hydroxyl groups excluding tert-OH is 2. The van der Waals surface area contributed by atoms with E-state index in [2.05, 4.69) is 118 Å². The topological polar surface area (TPSA) is 231 Å². The summed E-state index contributed by atoms with van der Waals surface area (Å²) in [6, 6.07) is 0. The highest BCUT2D eigenvalue weighted by Gasteiger charge is 2.29. The quantitative estimate of drug-likeness (QED) is 0.0146. The summed E-state index contributed by atoms with van der Waals surface area (Å²) in [5, 5.41) is 20.6.